The van der Waals surface area contributed by atoms with E-state index in [0.29, 0.717) is 5.70 Å². The van der Waals surface area contributed by atoms with Gasteiger partial charge in [0.25, 0.3) is 5.91 Å². The van der Waals surface area contributed by atoms with Crippen LogP contribution in [0.4, 0.5) is 10.1 Å². The number of hydrogen-bond acceptors (Lipinski definition) is 3. The van der Waals surface area contributed by atoms with Gasteiger partial charge in [0.1, 0.15) is 5.82 Å². The van der Waals surface area contributed by atoms with Crippen LogP contribution in [0.15, 0.2) is 48.2 Å². The molecule has 2 aromatic carbocycles. The number of halogens is 1. The molecule has 0 bridgehead atoms. The van der Waals surface area contributed by atoms with Gasteiger partial charge >= 0.3 is 0 Å². The fraction of sp³-hybridized carbons (Fsp3) is 0.200. The Morgan fingerprint density at radius 1 is 1.00 bits per heavy atom. The third kappa shape index (κ3) is 4.92. The molecule has 26 heavy (non-hydrogen) atoms. The average Bonchev–Trinajstić information content (AvgIpc) is 2.56. The molecule has 0 radical (unpaired) electrons. The number of amides is 2. The maximum absolute atomic E-state index is 13.6. The van der Waals surface area contributed by atoms with E-state index in [9.17, 15) is 14.0 Å². The maximum Gasteiger partial charge on any atom is 0.272 e. The van der Waals surface area contributed by atoms with Crippen LogP contribution in [-0.4, -0.2) is 11.8 Å². The first-order chi connectivity index (χ1) is 12.3. The summed E-state index contributed by atoms with van der Waals surface area (Å²) in [4.78, 5) is 24.1. The van der Waals surface area contributed by atoms with Crippen LogP contribution in [0.3, 0.4) is 0 Å². The molecular formula is C20H22FN3O2. The molecule has 0 saturated heterocycles. The lowest BCUT2D eigenvalue weighted by molar-refractivity contribution is -0.112. The molecule has 0 spiro atoms. The Labute approximate surface area is 152 Å². The predicted molar refractivity (Wildman–Crippen MR) is 100 cm³/mol. The first kappa shape index (κ1) is 19.2. The molecule has 0 aliphatic rings. The summed E-state index contributed by atoms with van der Waals surface area (Å²) in [5, 5.41) is 2.84. The fourth-order valence-corrected chi connectivity index (χ4v) is 2.64. The summed E-state index contributed by atoms with van der Waals surface area (Å²) in [6.45, 7) is 7.48. The van der Waals surface area contributed by atoms with Crippen LogP contribution >= 0.6 is 0 Å². The summed E-state index contributed by atoms with van der Waals surface area (Å²) in [6.07, 6.45) is 1.32. The van der Waals surface area contributed by atoms with Gasteiger partial charge in [-0.15, -0.1) is 0 Å². The van der Waals surface area contributed by atoms with E-state index >= 15 is 0 Å². The Morgan fingerprint density at radius 2 is 1.62 bits per heavy atom. The number of allylic oxidation sites excluding steroid dienone is 1. The van der Waals surface area contributed by atoms with Crippen molar-refractivity contribution >= 4 is 17.5 Å². The Hall–Kier alpha value is -3.15. The highest BCUT2D eigenvalue weighted by Gasteiger charge is 2.10. The molecule has 2 rings (SSSR count). The van der Waals surface area contributed by atoms with E-state index < -0.39 is 11.7 Å². The number of anilines is 1. The molecule has 0 heterocycles. The van der Waals surface area contributed by atoms with Gasteiger partial charge in [-0.25, -0.2) is 4.39 Å². The van der Waals surface area contributed by atoms with Crippen molar-refractivity contribution in [3.8, 4) is 0 Å². The second-order valence-electron chi connectivity index (χ2n) is 6.15. The third-order valence-electron chi connectivity index (χ3n) is 3.76. The van der Waals surface area contributed by atoms with Gasteiger partial charge in [0.15, 0.2) is 0 Å². The number of benzene rings is 2. The number of hydrogen-bond donors (Lipinski definition) is 3. The smallest absolute Gasteiger partial charge is 0.272 e. The van der Waals surface area contributed by atoms with E-state index in [1.165, 1.54) is 24.3 Å². The molecule has 0 saturated carbocycles. The number of carbonyl (C=O) groups is 2. The van der Waals surface area contributed by atoms with Crippen LogP contribution in [0.25, 0.3) is 0 Å². The van der Waals surface area contributed by atoms with Crippen LogP contribution < -0.4 is 16.2 Å². The van der Waals surface area contributed by atoms with Gasteiger partial charge in [-0.3, -0.25) is 15.0 Å². The Kier molecular flexibility index (Phi) is 6.11. The first-order valence-electron chi connectivity index (χ1n) is 8.16. The van der Waals surface area contributed by atoms with Crippen LogP contribution in [0.2, 0.25) is 0 Å². The number of hydrazine groups is 1. The molecule has 6 heteroatoms. The van der Waals surface area contributed by atoms with Crippen molar-refractivity contribution in [3.63, 3.8) is 0 Å². The van der Waals surface area contributed by atoms with Gasteiger partial charge in [0.05, 0.1) is 5.56 Å². The van der Waals surface area contributed by atoms with Crippen molar-refractivity contribution in [2.24, 2.45) is 0 Å². The highest BCUT2D eigenvalue weighted by atomic mass is 19.1. The van der Waals surface area contributed by atoms with Crippen LogP contribution in [-0.2, 0) is 4.79 Å². The molecule has 0 fully saturated rings. The van der Waals surface area contributed by atoms with E-state index in [1.54, 1.807) is 13.0 Å². The number of aryl methyl sites for hydroxylation is 3. The number of nitrogens with one attached hydrogen (secondary N) is 3. The SMILES string of the molecule is CC(=CC(=O)Nc1c(C)cc(C)cc1C)NNC(=O)c1ccccc1F. The van der Waals surface area contributed by atoms with Gasteiger partial charge < -0.3 is 10.7 Å². The summed E-state index contributed by atoms with van der Waals surface area (Å²) in [5.41, 5.74) is 9.13. The first-order valence-corrected chi connectivity index (χ1v) is 8.16. The van der Waals surface area contributed by atoms with Gasteiger partial charge in [0.2, 0.25) is 5.91 Å². The largest absolute Gasteiger partial charge is 0.322 e. The zero-order valence-electron chi connectivity index (χ0n) is 15.2. The van der Waals surface area contributed by atoms with E-state index in [2.05, 4.69) is 16.2 Å². The minimum atomic E-state index is -0.624. The molecule has 0 unspecified atom stereocenters. The van der Waals surface area contributed by atoms with Crippen LogP contribution in [0.5, 0.6) is 0 Å². The van der Waals surface area contributed by atoms with E-state index in [1.807, 2.05) is 32.9 Å². The van der Waals surface area contributed by atoms with Crippen molar-refractivity contribution in [3.05, 3.63) is 76.2 Å². The summed E-state index contributed by atoms with van der Waals surface area (Å²) in [7, 11) is 0. The minimum absolute atomic E-state index is 0.0804. The van der Waals surface area contributed by atoms with Gasteiger partial charge in [-0.2, -0.15) is 0 Å². The van der Waals surface area contributed by atoms with Crippen molar-refractivity contribution in [2.45, 2.75) is 27.7 Å². The lowest BCUT2D eigenvalue weighted by Crippen LogP contribution is -2.36. The van der Waals surface area contributed by atoms with E-state index in [-0.39, 0.29) is 11.5 Å². The standard InChI is InChI=1S/C20H22FN3O2/c1-12-9-13(2)19(14(3)10-12)22-18(25)11-15(4)23-24-20(26)16-7-5-6-8-17(16)21/h5-11,23H,1-4H3,(H,22,25)(H,24,26). The highest BCUT2D eigenvalue weighted by Crippen LogP contribution is 2.21. The monoisotopic (exact) mass is 355 g/mol. The highest BCUT2D eigenvalue weighted by molar-refractivity contribution is 6.00. The molecule has 5 nitrogen and oxygen atoms in total. The van der Waals surface area contributed by atoms with Crippen molar-refractivity contribution < 1.29 is 14.0 Å². The molecule has 0 aromatic heterocycles. The summed E-state index contributed by atoms with van der Waals surface area (Å²) in [6, 6.07) is 9.64. The molecule has 0 aliphatic carbocycles. The normalized spacial score (nSPS) is 11.0. The van der Waals surface area contributed by atoms with Crippen molar-refractivity contribution in [1.82, 2.24) is 10.9 Å². The minimum Gasteiger partial charge on any atom is -0.322 e. The maximum atomic E-state index is 13.6. The Morgan fingerprint density at radius 3 is 2.23 bits per heavy atom. The Bertz CT molecular complexity index is 852. The molecule has 2 aromatic rings. The van der Waals surface area contributed by atoms with Crippen molar-refractivity contribution in [1.29, 1.82) is 0 Å². The van der Waals surface area contributed by atoms with E-state index in [0.717, 1.165) is 22.4 Å². The molecule has 3 N–H and O–H groups in total. The summed E-state index contributed by atoms with van der Waals surface area (Å²) in [5.74, 6) is -1.57. The zero-order valence-corrected chi connectivity index (χ0v) is 15.2. The van der Waals surface area contributed by atoms with Crippen molar-refractivity contribution in [2.75, 3.05) is 5.32 Å². The van der Waals surface area contributed by atoms with Gasteiger partial charge in [0, 0.05) is 17.5 Å². The lowest BCUT2D eigenvalue weighted by atomic mass is 10.1. The summed E-state index contributed by atoms with van der Waals surface area (Å²) < 4.78 is 13.6. The Balaban J connectivity index is 1.98. The molecule has 0 aliphatic heterocycles. The molecule has 0 atom stereocenters. The number of carbonyl (C=O) groups excluding carboxylic acids is 2. The van der Waals surface area contributed by atoms with Crippen LogP contribution in [0, 0.1) is 26.6 Å². The molecule has 2 amide bonds. The average molecular weight is 355 g/mol. The number of rotatable bonds is 5. The lowest BCUT2D eigenvalue weighted by Gasteiger charge is -2.12. The van der Waals surface area contributed by atoms with Gasteiger partial charge in [-0.05, 0) is 51.0 Å². The quantitative estimate of drug-likeness (QED) is 0.568. The second kappa shape index (κ2) is 8.29. The topological polar surface area (TPSA) is 70.2 Å². The molecular weight excluding hydrogens is 333 g/mol. The van der Waals surface area contributed by atoms with Gasteiger partial charge in [-0.1, -0.05) is 29.8 Å². The van der Waals surface area contributed by atoms with Crippen LogP contribution in [0.1, 0.15) is 34.0 Å². The predicted octanol–water partition coefficient (Wildman–Crippen LogP) is 3.53. The van der Waals surface area contributed by atoms with E-state index in [4.69, 9.17) is 0 Å². The molecule has 136 valence electrons. The second-order valence-corrected chi connectivity index (χ2v) is 6.15. The summed E-state index contributed by atoms with van der Waals surface area (Å²) >= 11 is 0. The third-order valence-corrected chi connectivity index (χ3v) is 3.76. The fourth-order valence-electron chi connectivity index (χ4n) is 2.64. The zero-order chi connectivity index (χ0) is 19.3.